The lowest BCUT2D eigenvalue weighted by Gasteiger charge is -2.42. The molecule has 110 valence electrons. The van der Waals surface area contributed by atoms with Gasteiger partial charge in [0.15, 0.2) is 0 Å². The molecule has 3 aliphatic rings. The fourth-order valence-electron chi connectivity index (χ4n) is 4.85. The average molecular weight is 266 g/mol. The van der Waals surface area contributed by atoms with Crippen molar-refractivity contribution in [1.29, 1.82) is 0 Å². The first-order chi connectivity index (χ1) is 9.15. The van der Waals surface area contributed by atoms with Crippen LogP contribution in [0, 0.1) is 11.8 Å². The van der Waals surface area contributed by atoms with Crippen molar-refractivity contribution in [1.82, 2.24) is 9.80 Å². The van der Waals surface area contributed by atoms with Gasteiger partial charge in [-0.05, 0) is 57.0 Å². The van der Waals surface area contributed by atoms with Crippen molar-refractivity contribution >= 4 is 0 Å². The zero-order chi connectivity index (χ0) is 13.4. The van der Waals surface area contributed by atoms with E-state index in [0.717, 1.165) is 12.5 Å². The second-order valence-corrected chi connectivity index (χ2v) is 7.29. The molecule has 3 nitrogen and oxygen atoms in total. The zero-order valence-electron chi connectivity index (χ0n) is 12.6. The van der Waals surface area contributed by atoms with Gasteiger partial charge in [-0.2, -0.15) is 0 Å². The van der Waals surface area contributed by atoms with Crippen molar-refractivity contribution in [2.45, 2.75) is 64.1 Å². The van der Waals surface area contributed by atoms with E-state index < -0.39 is 0 Å². The number of aliphatic hydroxyl groups excluding tert-OH is 1. The van der Waals surface area contributed by atoms with Crippen molar-refractivity contribution in [3.8, 4) is 0 Å². The standard InChI is InChI=1S/C16H30N2O/c1-12-9-13(2)16(15(19)10-12)18-8-5-14(11-18)17-6-3-4-7-17/h12-16,19H,3-11H2,1-2H3. The van der Waals surface area contributed by atoms with Crippen molar-refractivity contribution < 1.29 is 5.11 Å². The highest BCUT2D eigenvalue weighted by molar-refractivity contribution is 4.95. The van der Waals surface area contributed by atoms with Crippen LogP contribution in [0.25, 0.3) is 0 Å². The van der Waals surface area contributed by atoms with E-state index in [2.05, 4.69) is 23.6 Å². The Balaban J connectivity index is 1.60. The highest BCUT2D eigenvalue weighted by Gasteiger charge is 2.40. The molecule has 3 heteroatoms. The van der Waals surface area contributed by atoms with E-state index in [1.165, 1.54) is 51.9 Å². The number of aliphatic hydroxyl groups is 1. The summed E-state index contributed by atoms with van der Waals surface area (Å²) in [6.45, 7) is 9.62. The summed E-state index contributed by atoms with van der Waals surface area (Å²) < 4.78 is 0. The van der Waals surface area contributed by atoms with Gasteiger partial charge in [0.05, 0.1) is 6.10 Å². The summed E-state index contributed by atoms with van der Waals surface area (Å²) in [6.07, 6.45) is 6.27. The topological polar surface area (TPSA) is 26.7 Å². The third-order valence-corrected chi connectivity index (χ3v) is 5.67. The molecule has 5 unspecified atom stereocenters. The molecule has 19 heavy (non-hydrogen) atoms. The van der Waals surface area contributed by atoms with Crippen molar-refractivity contribution in [3.63, 3.8) is 0 Å². The molecule has 0 aromatic rings. The van der Waals surface area contributed by atoms with Crippen LogP contribution >= 0.6 is 0 Å². The molecule has 0 radical (unpaired) electrons. The monoisotopic (exact) mass is 266 g/mol. The summed E-state index contributed by atoms with van der Waals surface area (Å²) in [7, 11) is 0. The quantitative estimate of drug-likeness (QED) is 0.827. The van der Waals surface area contributed by atoms with E-state index in [1.807, 2.05) is 0 Å². The molecule has 0 amide bonds. The first-order valence-corrected chi connectivity index (χ1v) is 8.31. The van der Waals surface area contributed by atoms with Crippen LogP contribution in [0.5, 0.6) is 0 Å². The first-order valence-electron chi connectivity index (χ1n) is 8.31. The second-order valence-electron chi connectivity index (χ2n) is 7.29. The van der Waals surface area contributed by atoms with Crippen molar-refractivity contribution in [2.75, 3.05) is 26.2 Å². The molecule has 3 fully saturated rings. The van der Waals surface area contributed by atoms with Gasteiger partial charge in [0, 0.05) is 25.2 Å². The predicted molar refractivity (Wildman–Crippen MR) is 78.1 cm³/mol. The van der Waals surface area contributed by atoms with Crippen LogP contribution in [-0.4, -0.2) is 59.3 Å². The van der Waals surface area contributed by atoms with Crippen molar-refractivity contribution in [2.24, 2.45) is 11.8 Å². The van der Waals surface area contributed by atoms with Crippen LogP contribution in [0.15, 0.2) is 0 Å². The zero-order valence-corrected chi connectivity index (χ0v) is 12.6. The molecule has 0 bridgehead atoms. The van der Waals surface area contributed by atoms with Gasteiger partial charge in [-0.1, -0.05) is 13.8 Å². The highest BCUT2D eigenvalue weighted by atomic mass is 16.3. The Morgan fingerprint density at radius 2 is 1.68 bits per heavy atom. The summed E-state index contributed by atoms with van der Waals surface area (Å²) in [6, 6.07) is 1.19. The molecule has 1 saturated carbocycles. The summed E-state index contributed by atoms with van der Waals surface area (Å²) in [5.74, 6) is 1.34. The van der Waals surface area contributed by atoms with Crippen molar-refractivity contribution in [3.05, 3.63) is 0 Å². The maximum atomic E-state index is 10.5. The van der Waals surface area contributed by atoms with Gasteiger partial charge in [-0.25, -0.2) is 0 Å². The Kier molecular flexibility index (Phi) is 4.16. The Labute approximate surface area is 118 Å². The predicted octanol–water partition coefficient (Wildman–Crippen LogP) is 1.95. The molecule has 2 aliphatic heterocycles. The number of likely N-dealkylation sites (tertiary alicyclic amines) is 2. The van der Waals surface area contributed by atoms with Crippen LogP contribution in [0.2, 0.25) is 0 Å². The van der Waals surface area contributed by atoms with E-state index in [0.29, 0.717) is 17.9 Å². The van der Waals surface area contributed by atoms with Gasteiger partial charge in [0.2, 0.25) is 0 Å². The van der Waals surface area contributed by atoms with Gasteiger partial charge in [0.1, 0.15) is 0 Å². The number of hydrogen-bond donors (Lipinski definition) is 1. The molecule has 0 aromatic heterocycles. The summed E-state index contributed by atoms with van der Waals surface area (Å²) in [5, 5.41) is 10.5. The Morgan fingerprint density at radius 1 is 0.947 bits per heavy atom. The lowest BCUT2D eigenvalue weighted by Crippen LogP contribution is -2.51. The Morgan fingerprint density at radius 3 is 2.37 bits per heavy atom. The molecular weight excluding hydrogens is 236 g/mol. The molecule has 2 saturated heterocycles. The number of hydrogen-bond acceptors (Lipinski definition) is 3. The minimum absolute atomic E-state index is 0.101. The van der Waals surface area contributed by atoms with Crippen LogP contribution in [0.4, 0.5) is 0 Å². The van der Waals surface area contributed by atoms with Gasteiger partial charge in [-0.15, -0.1) is 0 Å². The largest absolute Gasteiger partial charge is 0.391 e. The van der Waals surface area contributed by atoms with Gasteiger partial charge in [-0.3, -0.25) is 9.80 Å². The lowest BCUT2D eigenvalue weighted by atomic mass is 9.77. The molecule has 0 spiro atoms. The minimum Gasteiger partial charge on any atom is -0.391 e. The summed E-state index contributed by atoms with van der Waals surface area (Å²) in [4.78, 5) is 5.28. The first kappa shape index (κ1) is 13.8. The average Bonchev–Trinajstić information content (AvgIpc) is 2.97. The number of rotatable bonds is 2. The third-order valence-electron chi connectivity index (χ3n) is 5.67. The Bertz CT molecular complexity index is 291. The molecule has 2 heterocycles. The fraction of sp³-hybridized carbons (Fsp3) is 1.00. The molecule has 3 rings (SSSR count). The summed E-state index contributed by atoms with van der Waals surface area (Å²) >= 11 is 0. The normalized spacial score (nSPS) is 45.9. The van der Waals surface area contributed by atoms with Crippen LogP contribution in [-0.2, 0) is 0 Å². The highest BCUT2D eigenvalue weighted by Crippen LogP contribution is 2.34. The van der Waals surface area contributed by atoms with E-state index in [4.69, 9.17) is 0 Å². The lowest BCUT2D eigenvalue weighted by molar-refractivity contribution is -0.0173. The smallest absolute Gasteiger partial charge is 0.0700 e. The molecular formula is C16H30N2O. The molecule has 5 atom stereocenters. The summed E-state index contributed by atoms with van der Waals surface area (Å²) in [5.41, 5.74) is 0. The van der Waals surface area contributed by atoms with Gasteiger partial charge in [0.25, 0.3) is 0 Å². The third kappa shape index (κ3) is 2.84. The fourth-order valence-corrected chi connectivity index (χ4v) is 4.85. The maximum Gasteiger partial charge on any atom is 0.0700 e. The maximum absolute atomic E-state index is 10.5. The second kappa shape index (κ2) is 5.71. The van der Waals surface area contributed by atoms with Gasteiger partial charge >= 0.3 is 0 Å². The van der Waals surface area contributed by atoms with Crippen LogP contribution in [0.3, 0.4) is 0 Å². The van der Waals surface area contributed by atoms with E-state index in [1.54, 1.807) is 0 Å². The van der Waals surface area contributed by atoms with E-state index in [-0.39, 0.29) is 6.10 Å². The van der Waals surface area contributed by atoms with Gasteiger partial charge < -0.3 is 5.11 Å². The van der Waals surface area contributed by atoms with E-state index in [9.17, 15) is 5.11 Å². The van der Waals surface area contributed by atoms with E-state index >= 15 is 0 Å². The SMILES string of the molecule is CC1CC(C)C(N2CCC(N3CCCC3)C2)C(O)C1. The number of nitrogens with zero attached hydrogens (tertiary/aromatic N) is 2. The Hall–Kier alpha value is -0.120. The van der Waals surface area contributed by atoms with Crippen LogP contribution < -0.4 is 0 Å². The molecule has 0 aromatic carbocycles. The van der Waals surface area contributed by atoms with Crippen LogP contribution in [0.1, 0.15) is 46.0 Å². The molecule has 1 N–H and O–H groups in total. The minimum atomic E-state index is -0.101. The molecule has 1 aliphatic carbocycles.